The SMILES string of the molecule is CCc1c(C)nn(-c2ccccc2C(N)=S)c1C. The van der Waals surface area contributed by atoms with Crippen LogP contribution < -0.4 is 5.73 Å². The zero-order valence-electron chi connectivity index (χ0n) is 10.9. The highest BCUT2D eigenvalue weighted by molar-refractivity contribution is 7.80. The Morgan fingerprint density at radius 3 is 2.56 bits per heavy atom. The lowest BCUT2D eigenvalue weighted by molar-refractivity contribution is 0.831. The summed E-state index contributed by atoms with van der Waals surface area (Å²) >= 11 is 5.10. The minimum absolute atomic E-state index is 0.399. The maximum Gasteiger partial charge on any atom is 0.106 e. The third-order valence-electron chi connectivity index (χ3n) is 3.19. The summed E-state index contributed by atoms with van der Waals surface area (Å²) < 4.78 is 1.93. The number of hydrogen-bond donors (Lipinski definition) is 1. The number of nitrogens with zero attached hydrogens (tertiary/aromatic N) is 2. The normalized spacial score (nSPS) is 10.6. The molecule has 0 aliphatic carbocycles. The van der Waals surface area contributed by atoms with E-state index in [2.05, 4.69) is 18.9 Å². The Bertz CT molecular complexity index is 599. The van der Waals surface area contributed by atoms with Crippen molar-refractivity contribution in [2.75, 3.05) is 0 Å². The lowest BCUT2D eigenvalue weighted by Gasteiger charge is -2.10. The van der Waals surface area contributed by atoms with Gasteiger partial charge in [-0.25, -0.2) is 4.68 Å². The average Bonchev–Trinajstić information content (AvgIpc) is 2.64. The lowest BCUT2D eigenvalue weighted by atomic mass is 10.1. The van der Waals surface area contributed by atoms with Crippen molar-refractivity contribution in [3.63, 3.8) is 0 Å². The van der Waals surface area contributed by atoms with Gasteiger partial charge in [-0.3, -0.25) is 0 Å². The topological polar surface area (TPSA) is 43.8 Å². The molecule has 0 aliphatic heterocycles. The minimum Gasteiger partial charge on any atom is -0.389 e. The molecule has 0 bridgehead atoms. The zero-order chi connectivity index (χ0) is 13.3. The monoisotopic (exact) mass is 259 g/mol. The number of hydrogen-bond acceptors (Lipinski definition) is 2. The van der Waals surface area contributed by atoms with Crippen molar-refractivity contribution in [2.24, 2.45) is 5.73 Å². The van der Waals surface area contributed by atoms with Gasteiger partial charge in [-0.2, -0.15) is 5.10 Å². The van der Waals surface area contributed by atoms with Crippen molar-refractivity contribution in [3.05, 3.63) is 46.8 Å². The molecule has 2 rings (SSSR count). The summed E-state index contributed by atoms with van der Waals surface area (Å²) in [4.78, 5) is 0.399. The van der Waals surface area contributed by atoms with Gasteiger partial charge in [0.25, 0.3) is 0 Å². The van der Waals surface area contributed by atoms with E-state index in [4.69, 9.17) is 18.0 Å². The average molecular weight is 259 g/mol. The van der Waals surface area contributed by atoms with Crippen LogP contribution in [0.1, 0.15) is 29.4 Å². The molecule has 2 aromatic rings. The Morgan fingerprint density at radius 1 is 1.33 bits per heavy atom. The highest BCUT2D eigenvalue weighted by Gasteiger charge is 2.14. The molecule has 0 unspecified atom stereocenters. The molecule has 0 spiro atoms. The molecule has 0 saturated heterocycles. The van der Waals surface area contributed by atoms with Gasteiger partial charge in [0.1, 0.15) is 4.99 Å². The fourth-order valence-corrected chi connectivity index (χ4v) is 2.46. The molecule has 0 fully saturated rings. The molecule has 1 aromatic carbocycles. The van der Waals surface area contributed by atoms with Crippen LogP contribution in [0.3, 0.4) is 0 Å². The van der Waals surface area contributed by atoms with Crippen molar-refractivity contribution in [3.8, 4) is 5.69 Å². The highest BCUT2D eigenvalue weighted by Crippen LogP contribution is 2.21. The van der Waals surface area contributed by atoms with Gasteiger partial charge in [-0.15, -0.1) is 0 Å². The van der Waals surface area contributed by atoms with Crippen molar-refractivity contribution in [2.45, 2.75) is 27.2 Å². The summed E-state index contributed by atoms with van der Waals surface area (Å²) in [6.45, 7) is 6.25. The molecule has 94 valence electrons. The maximum atomic E-state index is 5.77. The number of para-hydroxylation sites is 1. The molecule has 1 aromatic heterocycles. The van der Waals surface area contributed by atoms with E-state index >= 15 is 0 Å². The van der Waals surface area contributed by atoms with Crippen molar-refractivity contribution >= 4 is 17.2 Å². The van der Waals surface area contributed by atoms with Crippen LogP contribution in [0.2, 0.25) is 0 Å². The molecule has 18 heavy (non-hydrogen) atoms. The van der Waals surface area contributed by atoms with E-state index in [1.165, 1.54) is 5.56 Å². The van der Waals surface area contributed by atoms with Crippen LogP contribution in [-0.4, -0.2) is 14.8 Å². The highest BCUT2D eigenvalue weighted by atomic mass is 32.1. The van der Waals surface area contributed by atoms with E-state index in [0.29, 0.717) is 4.99 Å². The van der Waals surface area contributed by atoms with Gasteiger partial charge in [0, 0.05) is 11.3 Å². The Balaban J connectivity index is 2.66. The first-order chi connectivity index (χ1) is 8.56. The standard InChI is InChI=1S/C14H17N3S/c1-4-11-9(2)16-17(10(11)3)13-8-6-5-7-12(13)14(15)18/h5-8H,4H2,1-3H3,(H2,15,18). The molecule has 3 nitrogen and oxygen atoms in total. The Labute approximate surface area is 113 Å². The van der Waals surface area contributed by atoms with E-state index in [-0.39, 0.29) is 0 Å². The predicted octanol–water partition coefficient (Wildman–Crippen LogP) is 2.69. The fraction of sp³-hybridized carbons (Fsp3) is 0.286. The second-order valence-corrected chi connectivity index (χ2v) is 4.74. The predicted molar refractivity (Wildman–Crippen MR) is 78.3 cm³/mol. The number of aryl methyl sites for hydroxylation is 1. The van der Waals surface area contributed by atoms with Crippen LogP contribution in [0, 0.1) is 13.8 Å². The minimum atomic E-state index is 0.399. The summed E-state index contributed by atoms with van der Waals surface area (Å²) in [5.41, 5.74) is 11.1. The Kier molecular flexibility index (Phi) is 3.48. The second-order valence-electron chi connectivity index (χ2n) is 4.30. The number of rotatable bonds is 3. The lowest BCUT2D eigenvalue weighted by Crippen LogP contribution is -2.14. The summed E-state index contributed by atoms with van der Waals surface area (Å²) in [5.74, 6) is 0. The van der Waals surface area contributed by atoms with Gasteiger partial charge in [0.15, 0.2) is 0 Å². The quantitative estimate of drug-likeness (QED) is 0.862. The number of benzene rings is 1. The zero-order valence-corrected chi connectivity index (χ0v) is 11.7. The first-order valence-electron chi connectivity index (χ1n) is 6.00. The van der Waals surface area contributed by atoms with Crippen LogP contribution in [0.4, 0.5) is 0 Å². The van der Waals surface area contributed by atoms with Gasteiger partial charge in [0.05, 0.1) is 11.4 Å². The summed E-state index contributed by atoms with van der Waals surface area (Å²) in [6, 6.07) is 7.83. The molecule has 0 amide bonds. The van der Waals surface area contributed by atoms with Gasteiger partial charge in [0.2, 0.25) is 0 Å². The van der Waals surface area contributed by atoms with E-state index in [1.54, 1.807) is 0 Å². The first kappa shape index (κ1) is 12.8. The molecule has 0 atom stereocenters. The van der Waals surface area contributed by atoms with E-state index in [9.17, 15) is 0 Å². The number of aromatic nitrogens is 2. The summed E-state index contributed by atoms with van der Waals surface area (Å²) in [5, 5.41) is 4.60. The molecular weight excluding hydrogens is 242 g/mol. The van der Waals surface area contributed by atoms with Crippen molar-refractivity contribution in [1.29, 1.82) is 0 Å². The molecule has 0 radical (unpaired) electrons. The molecule has 2 N–H and O–H groups in total. The second kappa shape index (κ2) is 4.90. The van der Waals surface area contributed by atoms with Crippen LogP contribution in [-0.2, 0) is 6.42 Å². The van der Waals surface area contributed by atoms with Crippen molar-refractivity contribution in [1.82, 2.24) is 9.78 Å². The van der Waals surface area contributed by atoms with E-state index in [1.807, 2.05) is 35.9 Å². The van der Waals surface area contributed by atoms with Crippen LogP contribution >= 0.6 is 12.2 Å². The van der Waals surface area contributed by atoms with Gasteiger partial charge < -0.3 is 5.73 Å². The van der Waals surface area contributed by atoms with Gasteiger partial charge in [-0.05, 0) is 38.0 Å². The number of nitrogens with two attached hydrogens (primary N) is 1. The first-order valence-corrected chi connectivity index (χ1v) is 6.41. The molecule has 4 heteroatoms. The fourth-order valence-electron chi connectivity index (χ4n) is 2.29. The molecule has 0 aliphatic rings. The molecule has 1 heterocycles. The van der Waals surface area contributed by atoms with Crippen LogP contribution in [0.25, 0.3) is 5.69 Å². The molecule has 0 saturated carbocycles. The van der Waals surface area contributed by atoms with Crippen LogP contribution in [0.15, 0.2) is 24.3 Å². The summed E-state index contributed by atoms with van der Waals surface area (Å²) in [7, 11) is 0. The third kappa shape index (κ3) is 2.04. The van der Waals surface area contributed by atoms with E-state index in [0.717, 1.165) is 29.1 Å². The summed E-state index contributed by atoms with van der Waals surface area (Å²) in [6.07, 6.45) is 0.979. The maximum absolute atomic E-state index is 5.77. The Morgan fingerprint density at radius 2 is 2.00 bits per heavy atom. The van der Waals surface area contributed by atoms with E-state index < -0.39 is 0 Å². The van der Waals surface area contributed by atoms with Crippen LogP contribution in [0.5, 0.6) is 0 Å². The van der Waals surface area contributed by atoms with Gasteiger partial charge >= 0.3 is 0 Å². The Hall–Kier alpha value is -1.68. The van der Waals surface area contributed by atoms with Crippen molar-refractivity contribution < 1.29 is 0 Å². The van der Waals surface area contributed by atoms with Gasteiger partial charge in [-0.1, -0.05) is 31.3 Å². The smallest absolute Gasteiger partial charge is 0.106 e. The third-order valence-corrected chi connectivity index (χ3v) is 3.41. The molecular formula is C14H17N3S. The number of thiocarbonyl (C=S) groups is 1. The largest absolute Gasteiger partial charge is 0.389 e.